The van der Waals surface area contributed by atoms with Crippen molar-refractivity contribution in [3.05, 3.63) is 35.4 Å². The predicted octanol–water partition coefficient (Wildman–Crippen LogP) is 5.64. The number of ether oxygens (including phenoxy) is 1. The van der Waals surface area contributed by atoms with E-state index in [1.807, 2.05) is 0 Å². The van der Waals surface area contributed by atoms with Gasteiger partial charge in [0.15, 0.2) is 0 Å². The highest BCUT2D eigenvalue weighted by molar-refractivity contribution is 5.27. The molecule has 1 aromatic rings. The summed E-state index contributed by atoms with van der Waals surface area (Å²) in [5, 5.41) is 0. The Labute approximate surface area is 133 Å². The van der Waals surface area contributed by atoms with Crippen LogP contribution in [0.5, 0.6) is 0 Å². The van der Waals surface area contributed by atoms with Crippen LogP contribution in [0.2, 0.25) is 0 Å². The standard InChI is InChI=1S/C19H28F2O/c1-4-13(2)14(3)18(17-9-10-17)16-7-5-15(6-8-16)11-12-22-19(20)21/h5-8,13-14,17-19H,4,9-12H2,1-3H3. The van der Waals surface area contributed by atoms with Gasteiger partial charge in [0.2, 0.25) is 0 Å². The molecule has 0 N–H and O–H groups in total. The molecule has 3 unspecified atom stereocenters. The second-order valence-electron chi connectivity index (χ2n) is 6.73. The van der Waals surface area contributed by atoms with E-state index in [-0.39, 0.29) is 6.61 Å². The molecule has 1 aliphatic carbocycles. The van der Waals surface area contributed by atoms with E-state index >= 15 is 0 Å². The maximum Gasteiger partial charge on any atom is 0.345 e. The molecule has 1 fully saturated rings. The summed E-state index contributed by atoms with van der Waals surface area (Å²) in [6.07, 6.45) is 4.44. The van der Waals surface area contributed by atoms with Crippen molar-refractivity contribution in [1.82, 2.24) is 0 Å². The average molecular weight is 310 g/mol. The van der Waals surface area contributed by atoms with Crippen LogP contribution in [0.4, 0.5) is 8.78 Å². The molecule has 0 aromatic heterocycles. The van der Waals surface area contributed by atoms with Crippen molar-refractivity contribution in [2.75, 3.05) is 6.61 Å². The van der Waals surface area contributed by atoms with Crippen LogP contribution in [0, 0.1) is 17.8 Å². The summed E-state index contributed by atoms with van der Waals surface area (Å²) in [6.45, 7) is 4.39. The highest BCUT2D eigenvalue weighted by atomic mass is 19.3. The molecule has 0 aliphatic heterocycles. The first-order valence-corrected chi connectivity index (χ1v) is 8.51. The summed E-state index contributed by atoms with van der Waals surface area (Å²) in [7, 11) is 0. The molecule has 3 heteroatoms. The van der Waals surface area contributed by atoms with Crippen LogP contribution < -0.4 is 0 Å². The first kappa shape index (κ1) is 17.4. The van der Waals surface area contributed by atoms with Gasteiger partial charge in [0.25, 0.3) is 0 Å². The third-order valence-electron chi connectivity index (χ3n) is 5.24. The molecule has 0 amide bonds. The van der Waals surface area contributed by atoms with E-state index in [4.69, 9.17) is 0 Å². The highest BCUT2D eigenvalue weighted by Crippen LogP contribution is 2.48. The first-order chi connectivity index (χ1) is 10.5. The summed E-state index contributed by atoms with van der Waals surface area (Å²) in [5.41, 5.74) is 2.48. The van der Waals surface area contributed by atoms with E-state index in [0.29, 0.717) is 18.3 Å². The number of halogens is 2. The van der Waals surface area contributed by atoms with Gasteiger partial charge < -0.3 is 4.74 Å². The predicted molar refractivity (Wildman–Crippen MR) is 86.2 cm³/mol. The third kappa shape index (κ3) is 4.77. The van der Waals surface area contributed by atoms with E-state index in [2.05, 4.69) is 49.8 Å². The molecular weight excluding hydrogens is 282 g/mol. The van der Waals surface area contributed by atoms with Crippen molar-refractivity contribution in [3.8, 4) is 0 Å². The second-order valence-corrected chi connectivity index (χ2v) is 6.73. The van der Waals surface area contributed by atoms with E-state index in [1.54, 1.807) is 0 Å². The Hall–Kier alpha value is -0.960. The van der Waals surface area contributed by atoms with E-state index < -0.39 is 6.61 Å². The molecule has 0 saturated heterocycles. The quantitative estimate of drug-likeness (QED) is 0.573. The molecule has 0 radical (unpaired) electrons. The molecule has 1 aliphatic rings. The van der Waals surface area contributed by atoms with Gasteiger partial charge in [0, 0.05) is 0 Å². The van der Waals surface area contributed by atoms with Gasteiger partial charge in [-0.3, -0.25) is 0 Å². The van der Waals surface area contributed by atoms with Crippen molar-refractivity contribution in [1.29, 1.82) is 0 Å². The van der Waals surface area contributed by atoms with Gasteiger partial charge in [-0.1, -0.05) is 51.5 Å². The first-order valence-electron chi connectivity index (χ1n) is 8.51. The molecule has 3 atom stereocenters. The van der Waals surface area contributed by atoms with Crippen LogP contribution >= 0.6 is 0 Å². The Bertz CT molecular complexity index is 439. The molecule has 0 bridgehead atoms. The molecule has 0 heterocycles. The molecule has 0 spiro atoms. The molecule has 1 saturated carbocycles. The van der Waals surface area contributed by atoms with Crippen LogP contribution in [-0.2, 0) is 11.2 Å². The fraction of sp³-hybridized carbons (Fsp3) is 0.684. The zero-order valence-electron chi connectivity index (χ0n) is 13.9. The van der Waals surface area contributed by atoms with Crippen LogP contribution in [0.1, 0.15) is 57.1 Å². The van der Waals surface area contributed by atoms with Gasteiger partial charge in [0.1, 0.15) is 0 Å². The third-order valence-corrected chi connectivity index (χ3v) is 5.24. The van der Waals surface area contributed by atoms with Gasteiger partial charge in [-0.25, -0.2) is 0 Å². The van der Waals surface area contributed by atoms with Gasteiger partial charge >= 0.3 is 6.61 Å². The topological polar surface area (TPSA) is 9.23 Å². The lowest BCUT2D eigenvalue weighted by Crippen LogP contribution is -2.19. The van der Waals surface area contributed by atoms with E-state index in [0.717, 1.165) is 17.4 Å². The lowest BCUT2D eigenvalue weighted by atomic mass is 9.76. The lowest BCUT2D eigenvalue weighted by molar-refractivity contribution is -0.127. The van der Waals surface area contributed by atoms with Gasteiger partial charge in [-0.05, 0) is 54.1 Å². The number of benzene rings is 1. The minimum Gasteiger partial charge on any atom is -0.323 e. The molecule has 22 heavy (non-hydrogen) atoms. The smallest absolute Gasteiger partial charge is 0.323 e. The van der Waals surface area contributed by atoms with Gasteiger partial charge in [0.05, 0.1) is 6.61 Å². The number of hydrogen-bond donors (Lipinski definition) is 0. The van der Waals surface area contributed by atoms with E-state index in [9.17, 15) is 8.78 Å². The van der Waals surface area contributed by atoms with Crippen molar-refractivity contribution in [3.63, 3.8) is 0 Å². The Kier molecular flexibility index (Phi) is 6.37. The van der Waals surface area contributed by atoms with Crippen molar-refractivity contribution < 1.29 is 13.5 Å². The van der Waals surface area contributed by atoms with E-state index in [1.165, 1.54) is 24.8 Å². The SMILES string of the molecule is CCC(C)C(C)C(c1ccc(CCOC(F)F)cc1)C1CC1. The molecular formula is C19H28F2O. The van der Waals surface area contributed by atoms with Crippen molar-refractivity contribution in [2.24, 2.45) is 17.8 Å². The Morgan fingerprint density at radius 1 is 1.14 bits per heavy atom. The number of alkyl halides is 2. The minimum atomic E-state index is -2.67. The fourth-order valence-electron chi connectivity index (χ4n) is 3.36. The fourth-order valence-corrected chi connectivity index (χ4v) is 3.36. The summed E-state index contributed by atoms with van der Waals surface area (Å²) in [4.78, 5) is 0. The van der Waals surface area contributed by atoms with Crippen LogP contribution in [-0.4, -0.2) is 13.2 Å². The van der Waals surface area contributed by atoms with Gasteiger partial charge in [-0.2, -0.15) is 8.78 Å². The average Bonchev–Trinajstić information content (AvgIpc) is 3.32. The Morgan fingerprint density at radius 2 is 1.77 bits per heavy atom. The summed E-state index contributed by atoms with van der Waals surface area (Å²) in [5.74, 6) is 2.88. The largest absolute Gasteiger partial charge is 0.345 e. The zero-order chi connectivity index (χ0) is 16.1. The number of rotatable bonds is 9. The maximum absolute atomic E-state index is 12.0. The Morgan fingerprint density at radius 3 is 2.27 bits per heavy atom. The number of hydrogen-bond acceptors (Lipinski definition) is 1. The molecule has 2 rings (SSSR count). The minimum absolute atomic E-state index is 0.0757. The van der Waals surface area contributed by atoms with Gasteiger partial charge in [-0.15, -0.1) is 0 Å². The van der Waals surface area contributed by atoms with Crippen LogP contribution in [0.25, 0.3) is 0 Å². The molecule has 124 valence electrons. The van der Waals surface area contributed by atoms with Crippen LogP contribution in [0.3, 0.4) is 0 Å². The van der Waals surface area contributed by atoms with Crippen molar-refractivity contribution >= 4 is 0 Å². The highest BCUT2D eigenvalue weighted by Gasteiger charge is 2.37. The summed E-state index contributed by atoms with van der Waals surface area (Å²) in [6, 6.07) is 8.53. The summed E-state index contributed by atoms with van der Waals surface area (Å²) >= 11 is 0. The zero-order valence-corrected chi connectivity index (χ0v) is 13.9. The normalized spacial score (nSPS) is 19.2. The Balaban J connectivity index is 2.00. The monoisotopic (exact) mass is 310 g/mol. The lowest BCUT2D eigenvalue weighted by Gasteiger charge is -2.29. The summed E-state index contributed by atoms with van der Waals surface area (Å²) < 4.78 is 28.3. The maximum atomic E-state index is 12.0. The van der Waals surface area contributed by atoms with Crippen molar-refractivity contribution in [2.45, 2.75) is 59.0 Å². The molecule has 1 aromatic carbocycles. The van der Waals surface area contributed by atoms with Crippen LogP contribution in [0.15, 0.2) is 24.3 Å². The molecule has 1 nitrogen and oxygen atoms in total. The second kappa shape index (κ2) is 8.05.